The summed E-state index contributed by atoms with van der Waals surface area (Å²) in [6.07, 6.45) is 8.78. The first kappa shape index (κ1) is 22.4. The zero-order chi connectivity index (χ0) is 22.0. The maximum Gasteiger partial charge on any atom is 0.304 e. The third-order valence-electron chi connectivity index (χ3n) is 5.84. The molecule has 4 nitrogen and oxygen atoms in total. The number of alkyl halides is 1. The highest BCUT2D eigenvalue weighted by atomic mass is 35.5. The molecule has 1 heterocycles. The summed E-state index contributed by atoms with van der Waals surface area (Å²) in [4.78, 5) is 23.9. The van der Waals surface area contributed by atoms with E-state index in [4.69, 9.17) is 11.6 Å². The molecule has 5 heteroatoms. The first-order valence-corrected chi connectivity index (χ1v) is 11.2. The Labute approximate surface area is 183 Å². The number of halogens is 1. The molecule has 1 aromatic carbocycles. The van der Waals surface area contributed by atoms with Crippen LogP contribution in [0, 0.1) is 6.92 Å². The smallest absolute Gasteiger partial charge is 0.304 e. The second-order valence-electron chi connectivity index (χ2n) is 7.94. The van der Waals surface area contributed by atoms with Gasteiger partial charge in [0.15, 0.2) is 5.78 Å². The molecule has 4 rings (SSSR count). The summed E-state index contributed by atoms with van der Waals surface area (Å²) >= 11 is 6.17. The van der Waals surface area contributed by atoms with Gasteiger partial charge in [0.05, 0.1) is 17.3 Å². The number of benzene rings is 1. The van der Waals surface area contributed by atoms with E-state index in [1.807, 2.05) is 39.0 Å². The van der Waals surface area contributed by atoms with E-state index in [-0.39, 0.29) is 23.5 Å². The maximum atomic E-state index is 12.4. The number of Topliss-reactive ketones (excluding diaryl/α,β-unsaturated/α-hetero) is 1. The Balaban J connectivity index is 0.00000124. The van der Waals surface area contributed by atoms with Crippen LogP contribution in [0.15, 0.2) is 35.9 Å². The minimum absolute atomic E-state index is 0.0195. The monoisotopic (exact) mass is 427 g/mol. The first-order chi connectivity index (χ1) is 14.3. The zero-order valence-electron chi connectivity index (χ0n) is 18.2. The minimum atomic E-state index is -0.778. The summed E-state index contributed by atoms with van der Waals surface area (Å²) in [5, 5.41) is 10.5. The Hall–Kier alpha value is -2.33. The highest BCUT2D eigenvalue weighted by Crippen LogP contribution is 2.43. The molecular formula is C25H30ClNO3. The standard InChI is InChI=1S/C23H24ClNO3.C2H6/c1-13-9-19(14(2)26)23-20(10-13)18-8-5-16(11-21(27)28)22(18)25(23)12-15-3-6-17(24)7-4-15;1-2/h3-4,6,9-10,16-17H,5,7-8,11-12H2,1-2H3,(H,27,28);1-2H3/t16-,17?;/m1./s1. The Kier molecular flexibility index (Phi) is 6.87. The van der Waals surface area contributed by atoms with Gasteiger partial charge in [0.1, 0.15) is 0 Å². The Morgan fingerprint density at radius 2 is 2.00 bits per heavy atom. The molecule has 2 atom stereocenters. The van der Waals surface area contributed by atoms with Crippen molar-refractivity contribution in [3.05, 3.63) is 58.3 Å². The van der Waals surface area contributed by atoms with E-state index in [0.29, 0.717) is 12.1 Å². The molecule has 0 saturated heterocycles. The van der Waals surface area contributed by atoms with E-state index >= 15 is 0 Å². The van der Waals surface area contributed by atoms with Crippen molar-refractivity contribution in [3.8, 4) is 0 Å². The molecule has 30 heavy (non-hydrogen) atoms. The molecule has 1 N–H and O–H groups in total. The molecule has 0 radical (unpaired) electrons. The quantitative estimate of drug-likeness (QED) is 0.458. The van der Waals surface area contributed by atoms with Gasteiger partial charge in [-0.2, -0.15) is 0 Å². The molecule has 0 spiro atoms. The molecule has 0 fully saturated rings. The number of allylic oxidation sites excluding steroid dienone is 4. The van der Waals surface area contributed by atoms with Crippen LogP contribution < -0.4 is 0 Å². The lowest BCUT2D eigenvalue weighted by Crippen LogP contribution is -2.13. The van der Waals surface area contributed by atoms with Gasteiger partial charge in [-0.15, -0.1) is 11.6 Å². The van der Waals surface area contributed by atoms with Gasteiger partial charge < -0.3 is 9.67 Å². The zero-order valence-corrected chi connectivity index (χ0v) is 18.9. The molecule has 0 aliphatic heterocycles. The molecule has 0 saturated carbocycles. The number of hydrogen-bond donors (Lipinski definition) is 1. The third kappa shape index (κ3) is 4.24. The van der Waals surface area contributed by atoms with E-state index in [2.05, 4.69) is 16.7 Å². The van der Waals surface area contributed by atoms with Crippen LogP contribution in [0.5, 0.6) is 0 Å². The van der Waals surface area contributed by atoms with Crippen molar-refractivity contribution in [2.45, 2.75) is 71.2 Å². The van der Waals surface area contributed by atoms with Gasteiger partial charge >= 0.3 is 5.97 Å². The van der Waals surface area contributed by atoms with Gasteiger partial charge in [-0.05, 0) is 61.9 Å². The Morgan fingerprint density at radius 1 is 1.27 bits per heavy atom. The van der Waals surface area contributed by atoms with Gasteiger partial charge in [-0.1, -0.05) is 32.1 Å². The summed E-state index contributed by atoms with van der Waals surface area (Å²) in [6, 6.07) is 4.09. The lowest BCUT2D eigenvalue weighted by molar-refractivity contribution is -0.137. The van der Waals surface area contributed by atoms with Crippen molar-refractivity contribution in [2.24, 2.45) is 0 Å². The first-order valence-electron chi connectivity index (χ1n) is 10.7. The molecule has 0 bridgehead atoms. The minimum Gasteiger partial charge on any atom is -0.481 e. The fourth-order valence-corrected chi connectivity index (χ4v) is 4.85. The number of carboxylic acid groups (broad SMARTS) is 1. The number of ketones is 1. The van der Waals surface area contributed by atoms with Gasteiger partial charge in [0.2, 0.25) is 0 Å². The van der Waals surface area contributed by atoms with E-state index in [9.17, 15) is 14.7 Å². The van der Waals surface area contributed by atoms with Crippen LogP contribution in [0.25, 0.3) is 10.9 Å². The van der Waals surface area contributed by atoms with Crippen molar-refractivity contribution >= 4 is 34.3 Å². The lowest BCUT2D eigenvalue weighted by Gasteiger charge is -2.19. The number of aliphatic carboxylic acids is 1. The number of aromatic nitrogens is 1. The number of carboxylic acids is 1. The van der Waals surface area contributed by atoms with Gasteiger partial charge in [0, 0.05) is 29.1 Å². The van der Waals surface area contributed by atoms with Crippen LogP contribution in [0.4, 0.5) is 0 Å². The summed E-state index contributed by atoms with van der Waals surface area (Å²) in [5.74, 6) is -0.761. The van der Waals surface area contributed by atoms with Crippen LogP contribution in [-0.4, -0.2) is 26.8 Å². The Bertz CT molecular complexity index is 1040. The number of carbonyl (C=O) groups is 2. The number of carbonyl (C=O) groups excluding carboxylic acids is 1. The van der Waals surface area contributed by atoms with E-state index in [0.717, 1.165) is 47.0 Å². The second-order valence-corrected chi connectivity index (χ2v) is 8.50. The number of fused-ring (bicyclic) bond motifs is 3. The third-order valence-corrected chi connectivity index (χ3v) is 6.17. The largest absolute Gasteiger partial charge is 0.481 e. The van der Waals surface area contributed by atoms with Gasteiger partial charge in [0.25, 0.3) is 0 Å². The van der Waals surface area contributed by atoms with Crippen LogP contribution in [0.2, 0.25) is 0 Å². The van der Waals surface area contributed by atoms with Crippen molar-refractivity contribution in [1.82, 2.24) is 4.57 Å². The summed E-state index contributed by atoms with van der Waals surface area (Å²) in [7, 11) is 0. The highest BCUT2D eigenvalue weighted by Gasteiger charge is 2.32. The second kappa shape index (κ2) is 9.22. The average Bonchev–Trinajstić information content (AvgIpc) is 3.24. The van der Waals surface area contributed by atoms with Crippen molar-refractivity contribution in [3.63, 3.8) is 0 Å². The van der Waals surface area contributed by atoms with Gasteiger partial charge in [-0.25, -0.2) is 0 Å². The summed E-state index contributed by atoms with van der Waals surface area (Å²) in [6.45, 7) is 8.24. The number of aryl methyl sites for hydroxylation is 2. The molecule has 0 amide bonds. The highest BCUT2D eigenvalue weighted by molar-refractivity contribution is 6.22. The lowest BCUT2D eigenvalue weighted by atomic mass is 10.0. The van der Waals surface area contributed by atoms with Crippen LogP contribution in [0.1, 0.15) is 73.1 Å². The van der Waals surface area contributed by atoms with E-state index < -0.39 is 5.97 Å². The van der Waals surface area contributed by atoms with E-state index in [1.165, 1.54) is 5.56 Å². The predicted molar refractivity (Wildman–Crippen MR) is 123 cm³/mol. The molecule has 1 aromatic heterocycles. The van der Waals surface area contributed by atoms with E-state index in [1.54, 1.807) is 6.92 Å². The normalized spacial score (nSPS) is 19.8. The van der Waals surface area contributed by atoms with Crippen LogP contribution in [0.3, 0.4) is 0 Å². The molecule has 2 aliphatic rings. The van der Waals surface area contributed by atoms with Crippen molar-refractivity contribution in [2.75, 3.05) is 0 Å². The number of nitrogens with zero attached hydrogens (tertiary/aromatic N) is 1. The summed E-state index contributed by atoms with van der Waals surface area (Å²) < 4.78 is 2.20. The molecule has 2 aliphatic carbocycles. The fourth-order valence-electron chi connectivity index (χ4n) is 4.69. The van der Waals surface area contributed by atoms with Crippen LogP contribution in [-0.2, 0) is 17.8 Å². The SMILES string of the molecule is CC.CC(=O)c1cc(C)cc2c3c(n(CC4=CCC(Cl)C=C4)c12)[C@@H](CC(=O)O)CC3. The average molecular weight is 428 g/mol. The molecular weight excluding hydrogens is 398 g/mol. The number of hydrogen-bond acceptors (Lipinski definition) is 2. The molecule has 160 valence electrons. The van der Waals surface area contributed by atoms with Crippen molar-refractivity contribution < 1.29 is 14.7 Å². The fraction of sp³-hybridized carbons (Fsp3) is 0.440. The van der Waals surface area contributed by atoms with Crippen molar-refractivity contribution in [1.29, 1.82) is 0 Å². The topological polar surface area (TPSA) is 59.3 Å². The predicted octanol–water partition coefficient (Wildman–Crippen LogP) is 6.18. The molecule has 1 unspecified atom stereocenters. The number of rotatable bonds is 5. The maximum absolute atomic E-state index is 12.4. The molecule has 2 aromatic rings. The summed E-state index contributed by atoms with van der Waals surface area (Å²) in [5.41, 5.74) is 6.17. The van der Waals surface area contributed by atoms with Crippen LogP contribution >= 0.6 is 11.6 Å². The Morgan fingerprint density at radius 3 is 2.60 bits per heavy atom. The van der Waals surface area contributed by atoms with Gasteiger partial charge in [-0.3, -0.25) is 9.59 Å².